The van der Waals surface area contributed by atoms with Crippen LogP contribution in [0.4, 0.5) is 5.82 Å². The van der Waals surface area contributed by atoms with E-state index in [1.807, 2.05) is 37.3 Å². The second-order valence-electron chi connectivity index (χ2n) is 6.36. The summed E-state index contributed by atoms with van der Waals surface area (Å²) < 4.78 is 2.17. The molecule has 0 saturated heterocycles. The van der Waals surface area contributed by atoms with E-state index >= 15 is 0 Å². The van der Waals surface area contributed by atoms with Crippen molar-refractivity contribution in [2.75, 3.05) is 11.4 Å². The lowest BCUT2D eigenvalue weighted by Crippen LogP contribution is -2.35. The molecule has 4 aromatic rings. The fourth-order valence-corrected chi connectivity index (χ4v) is 3.41. The molecule has 0 fully saturated rings. The van der Waals surface area contributed by atoms with Gasteiger partial charge in [-0.25, -0.2) is 9.97 Å². The van der Waals surface area contributed by atoms with Crippen molar-refractivity contribution in [2.24, 2.45) is 0 Å². The molecule has 0 saturated carbocycles. The van der Waals surface area contributed by atoms with Gasteiger partial charge < -0.3 is 9.47 Å². The molecule has 0 amide bonds. The number of hydrogen-bond donors (Lipinski definition) is 0. The van der Waals surface area contributed by atoms with Gasteiger partial charge in [0.05, 0.1) is 12.1 Å². The van der Waals surface area contributed by atoms with Gasteiger partial charge in [-0.2, -0.15) is 0 Å². The first-order valence-electron chi connectivity index (χ1n) is 8.60. The van der Waals surface area contributed by atoms with Gasteiger partial charge in [0.25, 0.3) is 0 Å². The first kappa shape index (κ1) is 14.9. The number of hydrogen-bond acceptors (Lipinski definition) is 6. The first-order chi connectivity index (χ1) is 12.8. The molecule has 7 nitrogen and oxygen atoms in total. The van der Waals surface area contributed by atoms with Gasteiger partial charge in [0.2, 0.25) is 0 Å². The first-order valence-corrected chi connectivity index (χ1v) is 8.60. The van der Waals surface area contributed by atoms with Crippen molar-refractivity contribution in [3.63, 3.8) is 0 Å². The second-order valence-corrected chi connectivity index (χ2v) is 6.36. The summed E-state index contributed by atoms with van der Waals surface area (Å²) in [6.45, 7) is 4.41. The van der Waals surface area contributed by atoms with E-state index in [9.17, 15) is 0 Å². The van der Waals surface area contributed by atoms with Crippen LogP contribution in [0.3, 0.4) is 0 Å². The Labute approximate surface area is 150 Å². The van der Waals surface area contributed by atoms with Gasteiger partial charge in [-0.1, -0.05) is 12.1 Å². The number of aryl methyl sites for hydroxylation is 1. The third kappa shape index (κ3) is 2.40. The monoisotopic (exact) mass is 343 g/mol. The number of fused-ring (bicyclic) bond motifs is 2. The summed E-state index contributed by atoms with van der Waals surface area (Å²) in [5.41, 5.74) is 1.90. The summed E-state index contributed by atoms with van der Waals surface area (Å²) in [7, 11) is 0. The molecular formula is C19H17N7. The zero-order valence-corrected chi connectivity index (χ0v) is 14.4. The highest BCUT2D eigenvalue weighted by Gasteiger charge is 2.23. The highest BCUT2D eigenvalue weighted by Crippen LogP contribution is 2.29. The van der Waals surface area contributed by atoms with Gasteiger partial charge in [-0.3, -0.25) is 4.98 Å². The molecule has 26 heavy (non-hydrogen) atoms. The lowest BCUT2D eigenvalue weighted by molar-refractivity contribution is 0.548. The Hall–Kier alpha value is -3.35. The molecule has 0 unspecified atom stereocenters. The summed E-state index contributed by atoms with van der Waals surface area (Å²) in [6, 6.07) is 12.0. The molecule has 1 aliphatic rings. The predicted octanol–water partition coefficient (Wildman–Crippen LogP) is 2.61. The molecular weight excluding hydrogens is 326 g/mol. The van der Waals surface area contributed by atoms with Gasteiger partial charge in [0.1, 0.15) is 11.6 Å². The van der Waals surface area contributed by atoms with E-state index in [0.717, 1.165) is 47.0 Å². The van der Waals surface area contributed by atoms with Crippen molar-refractivity contribution in [3.8, 4) is 11.4 Å². The average molecular weight is 343 g/mol. The summed E-state index contributed by atoms with van der Waals surface area (Å²) >= 11 is 0. The van der Waals surface area contributed by atoms with E-state index < -0.39 is 0 Å². The third-order valence-electron chi connectivity index (χ3n) is 4.76. The van der Waals surface area contributed by atoms with Crippen LogP contribution < -0.4 is 4.90 Å². The minimum atomic E-state index is 0.692. The summed E-state index contributed by atoms with van der Waals surface area (Å²) in [5.74, 6) is 3.59. The Kier molecular flexibility index (Phi) is 3.38. The molecule has 5 rings (SSSR count). The maximum atomic E-state index is 4.90. The van der Waals surface area contributed by atoms with E-state index in [2.05, 4.69) is 30.7 Å². The van der Waals surface area contributed by atoms with Crippen molar-refractivity contribution in [2.45, 2.75) is 20.0 Å². The molecule has 0 aliphatic carbocycles. The van der Waals surface area contributed by atoms with Crippen LogP contribution in [-0.4, -0.2) is 36.3 Å². The maximum absolute atomic E-state index is 4.90. The van der Waals surface area contributed by atoms with E-state index in [1.165, 1.54) is 0 Å². The molecule has 0 bridgehead atoms. The number of para-hydroxylation sites is 1. The SMILES string of the molecule is Cc1nnc2n1CCN(c1nc(-c3ccncc3)nc3ccccc13)C2. The molecule has 0 atom stereocenters. The van der Waals surface area contributed by atoms with Crippen LogP contribution in [0.5, 0.6) is 0 Å². The average Bonchev–Trinajstić information content (AvgIpc) is 3.08. The number of rotatable bonds is 2. The fourth-order valence-electron chi connectivity index (χ4n) is 3.41. The van der Waals surface area contributed by atoms with Gasteiger partial charge >= 0.3 is 0 Å². The molecule has 0 radical (unpaired) electrons. The van der Waals surface area contributed by atoms with Crippen LogP contribution in [0.2, 0.25) is 0 Å². The fraction of sp³-hybridized carbons (Fsp3) is 0.211. The largest absolute Gasteiger partial charge is 0.347 e. The minimum Gasteiger partial charge on any atom is -0.347 e. The van der Waals surface area contributed by atoms with E-state index in [0.29, 0.717) is 12.4 Å². The zero-order valence-electron chi connectivity index (χ0n) is 14.4. The maximum Gasteiger partial charge on any atom is 0.162 e. The number of nitrogens with zero attached hydrogens (tertiary/aromatic N) is 7. The van der Waals surface area contributed by atoms with Gasteiger partial charge in [-0.15, -0.1) is 10.2 Å². The standard InChI is InChI=1S/C19H17N7/c1-13-23-24-17-12-25(10-11-26(13)17)19-15-4-2-3-5-16(15)21-18(22-19)14-6-8-20-9-7-14/h2-9H,10-12H2,1H3. The topological polar surface area (TPSA) is 72.6 Å². The van der Waals surface area contributed by atoms with Gasteiger partial charge in [0, 0.05) is 36.4 Å². The molecule has 3 aromatic heterocycles. The van der Waals surface area contributed by atoms with Crippen LogP contribution in [0.15, 0.2) is 48.8 Å². The molecule has 0 N–H and O–H groups in total. The molecule has 0 spiro atoms. The highest BCUT2D eigenvalue weighted by atomic mass is 15.3. The Morgan fingerprint density at radius 3 is 2.65 bits per heavy atom. The number of pyridine rings is 1. The van der Waals surface area contributed by atoms with E-state index in [-0.39, 0.29) is 0 Å². The lowest BCUT2D eigenvalue weighted by atomic mass is 10.2. The Morgan fingerprint density at radius 2 is 1.77 bits per heavy atom. The summed E-state index contributed by atoms with van der Waals surface area (Å²) in [5, 5.41) is 9.56. The molecule has 128 valence electrons. The predicted molar refractivity (Wildman–Crippen MR) is 98.6 cm³/mol. The van der Waals surface area contributed by atoms with E-state index in [4.69, 9.17) is 9.97 Å². The molecule has 1 aliphatic heterocycles. The summed E-state index contributed by atoms with van der Waals surface area (Å²) in [6.07, 6.45) is 3.53. The lowest BCUT2D eigenvalue weighted by Gasteiger charge is -2.29. The van der Waals surface area contributed by atoms with Crippen molar-refractivity contribution >= 4 is 16.7 Å². The third-order valence-corrected chi connectivity index (χ3v) is 4.76. The van der Waals surface area contributed by atoms with Crippen molar-refractivity contribution in [1.82, 2.24) is 29.7 Å². The summed E-state index contributed by atoms with van der Waals surface area (Å²) in [4.78, 5) is 16.0. The van der Waals surface area contributed by atoms with Crippen LogP contribution in [0, 0.1) is 6.92 Å². The number of anilines is 1. The zero-order chi connectivity index (χ0) is 17.5. The van der Waals surface area contributed by atoms with Gasteiger partial charge in [-0.05, 0) is 31.2 Å². The Morgan fingerprint density at radius 1 is 0.923 bits per heavy atom. The Balaban J connectivity index is 1.65. The van der Waals surface area contributed by atoms with Crippen LogP contribution in [0.1, 0.15) is 11.6 Å². The minimum absolute atomic E-state index is 0.692. The smallest absolute Gasteiger partial charge is 0.162 e. The normalized spacial score (nSPS) is 13.8. The molecule has 7 heteroatoms. The molecule has 1 aromatic carbocycles. The van der Waals surface area contributed by atoms with Gasteiger partial charge in [0.15, 0.2) is 11.6 Å². The van der Waals surface area contributed by atoms with Crippen molar-refractivity contribution in [1.29, 1.82) is 0 Å². The number of benzene rings is 1. The second kappa shape index (κ2) is 5.87. The van der Waals surface area contributed by atoms with Crippen molar-refractivity contribution in [3.05, 3.63) is 60.4 Å². The highest BCUT2D eigenvalue weighted by molar-refractivity contribution is 5.91. The Bertz CT molecular complexity index is 1090. The van der Waals surface area contributed by atoms with Crippen LogP contribution in [0.25, 0.3) is 22.3 Å². The van der Waals surface area contributed by atoms with E-state index in [1.54, 1.807) is 12.4 Å². The van der Waals surface area contributed by atoms with Crippen LogP contribution in [-0.2, 0) is 13.1 Å². The van der Waals surface area contributed by atoms with Crippen LogP contribution >= 0.6 is 0 Å². The quantitative estimate of drug-likeness (QED) is 0.557. The van der Waals surface area contributed by atoms with Crippen molar-refractivity contribution < 1.29 is 0 Å². The molecule has 4 heterocycles. The number of aromatic nitrogens is 6.